The number of hydrogen-bond acceptors (Lipinski definition) is 5. The van der Waals surface area contributed by atoms with Crippen LogP contribution in [-0.2, 0) is 14.3 Å². The van der Waals surface area contributed by atoms with Crippen LogP contribution in [0.5, 0.6) is 0 Å². The Labute approximate surface area is 474 Å². The van der Waals surface area contributed by atoms with Gasteiger partial charge in [0.15, 0.2) is 0 Å². The van der Waals surface area contributed by atoms with Crippen LogP contribution in [0.3, 0.4) is 0 Å². The highest BCUT2D eigenvalue weighted by Crippen LogP contribution is 2.18. The SMILES string of the molecule is CCCCC/C=C\CCCCCCCC(=O)OCCCCCCCCCCC/C=C\C/C=C\CCCCCCCCCCCCCCCC(=O)NC(CO)C(O)CCCCCCCCCCCCCCCCCCCC. The number of carbonyl (C=O) groups is 2. The first-order chi connectivity index (χ1) is 37.5. The van der Waals surface area contributed by atoms with E-state index in [1.165, 1.54) is 289 Å². The number of ether oxygens (including phenoxy) is 1. The highest BCUT2D eigenvalue weighted by atomic mass is 16.5. The number of aliphatic hydroxyl groups excluding tert-OH is 2. The Bertz CT molecular complexity index is 1230. The normalized spacial score (nSPS) is 12.7. The van der Waals surface area contributed by atoms with E-state index in [1.807, 2.05) is 0 Å². The molecular formula is C70H133NO5. The van der Waals surface area contributed by atoms with E-state index in [1.54, 1.807) is 0 Å². The molecular weight excluding hydrogens is 935 g/mol. The first-order valence-electron chi connectivity index (χ1n) is 34.2. The first kappa shape index (κ1) is 74.1. The largest absolute Gasteiger partial charge is 0.466 e. The number of rotatable bonds is 64. The average molecular weight is 1070 g/mol. The van der Waals surface area contributed by atoms with Crippen LogP contribution in [0.15, 0.2) is 36.5 Å². The van der Waals surface area contributed by atoms with Crippen molar-refractivity contribution in [1.82, 2.24) is 5.32 Å². The van der Waals surface area contributed by atoms with Crippen LogP contribution in [-0.4, -0.2) is 47.4 Å². The Morgan fingerprint density at radius 1 is 0.368 bits per heavy atom. The van der Waals surface area contributed by atoms with Gasteiger partial charge in [-0.05, 0) is 83.5 Å². The number of unbranched alkanes of at least 4 members (excludes halogenated alkanes) is 47. The summed E-state index contributed by atoms with van der Waals surface area (Å²) in [5.74, 6) is -0.0307. The van der Waals surface area contributed by atoms with Crippen molar-refractivity contribution in [3.8, 4) is 0 Å². The van der Waals surface area contributed by atoms with E-state index in [4.69, 9.17) is 4.74 Å². The molecule has 0 saturated heterocycles. The standard InChI is InChI=1S/C70H133NO5/c1-3-5-7-9-11-13-15-17-18-19-33-36-39-42-46-50-54-58-62-68(73)67(66-72)71-69(74)63-59-55-51-47-43-40-37-34-31-29-27-25-23-21-20-22-24-26-28-30-32-35-38-41-45-49-53-57-61-65-76-70(75)64-60-56-52-48-44-16-14-12-10-8-6-4-2/h12,14,20,22,26,28,67-68,72-73H,3-11,13,15-19,21,23-25,27,29-66H2,1-2H3,(H,71,74)/b14-12-,22-20-,28-26-. The van der Waals surface area contributed by atoms with Gasteiger partial charge in [0.1, 0.15) is 0 Å². The van der Waals surface area contributed by atoms with Crippen molar-refractivity contribution in [2.24, 2.45) is 0 Å². The van der Waals surface area contributed by atoms with Crippen molar-refractivity contribution >= 4 is 11.9 Å². The molecule has 0 aromatic heterocycles. The van der Waals surface area contributed by atoms with Gasteiger partial charge in [0, 0.05) is 12.8 Å². The highest BCUT2D eigenvalue weighted by Gasteiger charge is 2.20. The van der Waals surface area contributed by atoms with E-state index in [0.29, 0.717) is 25.9 Å². The molecule has 0 heterocycles. The lowest BCUT2D eigenvalue weighted by atomic mass is 10.0. The van der Waals surface area contributed by atoms with Crippen LogP contribution in [0, 0.1) is 0 Å². The van der Waals surface area contributed by atoms with Crippen LogP contribution in [0.1, 0.15) is 373 Å². The molecule has 0 aliphatic heterocycles. The zero-order valence-electron chi connectivity index (χ0n) is 51.3. The summed E-state index contributed by atoms with van der Waals surface area (Å²) in [7, 11) is 0. The summed E-state index contributed by atoms with van der Waals surface area (Å²) < 4.78 is 5.47. The van der Waals surface area contributed by atoms with E-state index in [-0.39, 0.29) is 18.5 Å². The zero-order valence-corrected chi connectivity index (χ0v) is 51.3. The summed E-state index contributed by atoms with van der Waals surface area (Å²) in [6.07, 6.45) is 83.2. The first-order valence-corrected chi connectivity index (χ1v) is 34.2. The van der Waals surface area contributed by atoms with E-state index < -0.39 is 12.1 Å². The summed E-state index contributed by atoms with van der Waals surface area (Å²) >= 11 is 0. The lowest BCUT2D eigenvalue weighted by molar-refractivity contribution is -0.143. The number of carbonyl (C=O) groups excluding carboxylic acids is 2. The van der Waals surface area contributed by atoms with Crippen molar-refractivity contribution in [2.75, 3.05) is 13.2 Å². The maximum absolute atomic E-state index is 12.5. The van der Waals surface area contributed by atoms with Crippen LogP contribution < -0.4 is 5.32 Å². The summed E-state index contributed by atoms with van der Waals surface area (Å²) in [5, 5.41) is 23.4. The number of hydrogen-bond donors (Lipinski definition) is 3. The second-order valence-electron chi connectivity index (χ2n) is 23.5. The summed E-state index contributed by atoms with van der Waals surface area (Å²) in [6.45, 7) is 4.95. The summed E-state index contributed by atoms with van der Waals surface area (Å²) in [4.78, 5) is 24.5. The van der Waals surface area contributed by atoms with Gasteiger partial charge in [-0.15, -0.1) is 0 Å². The van der Waals surface area contributed by atoms with Crippen LogP contribution in [0.4, 0.5) is 0 Å². The van der Waals surface area contributed by atoms with Gasteiger partial charge < -0.3 is 20.3 Å². The smallest absolute Gasteiger partial charge is 0.305 e. The van der Waals surface area contributed by atoms with E-state index in [2.05, 4.69) is 55.6 Å². The van der Waals surface area contributed by atoms with E-state index in [9.17, 15) is 19.8 Å². The van der Waals surface area contributed by atoms with Gasteiger partial charge in [-0.1, -0.05) is 314 Å². The molecule has 0 fully saturated rings. The number of aliphatic hydroxyl groups is 2. The van der Waals surface area contributed by atoms with Gasteiger partial charge in [0.05, 0.1) is 25.4 Å². The lowest BCUT2D eigenvalue weighted by Crippen LogP contribution is -2.45. The van der Waals surface area contributed by atoms with Crippen molar-refractivity contribution < 1.29 is 24.5 Å². The minimum Gasteiger partial charge on any atom is -0.466 e. The van der Waals surface area contributed by atoms with Gasteiger partial charge in [-0.3, -0.25) is 9.59 Å². The zero-order chi connectivity index (χ0) is 55.0. The monoisotopic (exact) mass is 1070 g/mol. The molecule has 2 atom stereocenters. The third kappa shape index (κ3) is 61.3. The minimum absolute atomic E-state index is 0.00212. The van der Waals surface area contributed by atoms with E-state index >= 15 is 0 Å². The predicted octanol–water partition coefficient (Wildman–Crippen LogP) is 21.9. The van der Waals surface area contributed by atoms with Crippen molar-refractivity contribution in [2.45, 2.75) is 386 Å². The topological polar surface area (TPSA) is 95.9 Å². The maximum atomic E-state index is 12.5. The summed E-state index contributed by atoms with van der Waals surface area (Å²) in [6, 6.07) is -0.543. The van der Waals surface area contributed by atoms with Crippen molar-refractivity contribution in [3.05, 3.63) is 36.5 Å². The molecule has 1 amide bonds. The Hall–Kier alpha value is -1.92. The van der Waals surface area contributed by atoms with E-state index in [0.717, 1.165) is 51.4 Å². The molecule has 0 aromatic rings. The number of amides is 1. The molecule has 0 bridgehead atoms. The molecule has 6 nitrogen and oxygen atoms in total. The second-order valence-corrected chi connectivity index (χ2v) is 23.5. The predicted molar refractivity (Wildman–Crippen MR) is 333 cm³/mol. The average Bonchev–Trinajstić information content (AvgIpc) is 3.42. The van der Waals surface area contributed by atoms with Gasteiger partial charge in [-0.2, -0.15) is 0 Å². The molecule has 0 spiro atoms. The Morgan fingerprint density at radius 3 is 1.04 bits per heavy atom. The molecule has 448 valence electrons. The third-order valence-electron chi connectivity index (χ3n) is 15.9. The van der Waals surface area contributed by atoms with Crippen LogP contribution in [0.2, 0.25) is 0 Å². The highest BCUT2D eigenvalue weighted by molar-refractivity contribution is 5.76. The minimum atomic E-state index is -0.666. The van der Waals surface area contributed by atoms with Gasteiger partial charge in [0.2, 0.25) is 5.91 Å². The Morgan fingerprint density at radius 2 is 0.658 bits per heavy atom. The van der Waals surface area contributed by atoms with Crippen molar-refractivity contribution in [1.29, 1.82) is 0 Å². The van der Waals surface area contributed by atoms with Gasteiger partial charge in [0.25, 0.3) is 0 Å². The summed E-state index contributed by atoms with van der Waals surface area (Å²) in [5.41, 5.74) is 0. The molecule has 0 radical (unpaired) electrons. The third-order valence-corrected chi connectivity index (χ3v) is 15.9. The molecule has 3 N–H and O–H groups in total. The fourth-order valence-corrected chi connectivity index (χ4v) is 10.7. The second kappa shape index (κ2) is 65.6. The fourth-order valence-electron chi connectivity index (χ4n) is 10.7. The lowest BCUT2D eigenvalue weighted by Gasteiger charge is -2.22. The molecule has 76 heavy (non-hydrogen) atoms. The van der Waals surface area contributed by atoms with Crippen LogP contribution in [0.25, 0.3) is 0 Å². The molecule has 2 unspecified atom stereocenters. The van der Waals surface area contributed by atoms with Gasteiger partial charge >= 0.3 is 5.97 Å². The Balaban J connectivity index is 3.41. The van der Waals surface area contributed by atoms with Gasteiger partial charge in [-0.25, -0.2) is 0 Å². The number of allylic oxidation sites excluding steroid dienone is 6. The molecule has 0 aliphatic rings. The Kier molecular flexibility index (Phi) is 63.9. The maximum Gasteiger partial charge on any atom is 0.305 e. The number of nitrogens with one attached hydrogen (secondary N) is 1. The molecule has 6 heteroatoms. The fraction of sp³-hybridized carbons (Fsp3) is 0.886. The molecule has 0 aromatic carbocycles. The number of esters is 1. The van der Waals surface area contributed by atoms with Crippen LogP contribution >= 0.6 is 0 Å². The molecule has 0 aliphatic carbocycles. The molecule has 0 rings (SSSR count). The quantitative estimate of drug-likeness (QED) is 0.0320. The molecule has 0 saturated carbocycles. The van der Waals surface area contributed by atoms with Crippen molar-refractivity contribution in [3.63, 3.8) is 0 Å².